The lowest BCUT2D eigenvalue weighted by Crippen LogP contribution is -2.09. The molecule has 0 bridgehead atoms. The van der Waals surface area contributed by atoms with Crippen molar-refractivity contribution >= 4 is 0 Å². The molecule has 1 nitrogen and oxygen atoms in total. The molecule has 0 aromatic rings. The second-order valence-corrected chi connectivity index (χ2v) is 2.31. The van der Waals surface area contributed by atoms with Crippen molar-refractivity contribution < 1.29 is 0 Å². The lowest BCUT2D eigenvalue weighted by atomic mass is 10.2. The predicted molar refractivity (Wildman–Crippen MR) is 38.0 cm³/mol. The summed E-state index contributed by atoms with van der Waals surface area (Å²) in [4.78, 5) is 0. The molecule has 0 fully saturated rings. The van der Waals surface area contributed by atoms with Crippen LogP contribution in [0.15, 0.2) is 11.1 Å². The summed E-state index contributed by atoms with van der Waals surface area (Å²) >= 11 is 0. The zero-order chi connectivity index (χ0) is 6.57. The number of nitrogens with one attached hydrogen (secondary N) is 1. The number of likely N-dealkylation sites (N-methyl/N-ethyl adjacent to an activating group) is 1. The Labute approximate surface area is 51.8 Å². The van der Waals surface area contributed by atoms with E-state index in [9.17, 15) is 0 Å². The van der Waals surface area contributed by atoms with Gasteiger partial charge in [0.15, 0.2) is 0 Å². The Balaban J connectivity index is 3.62. The predicted octanol–water partition coefficient (Wildman–Crippen LogP) is 1.56. The average molecular weight is 113 g/mol. The fraction of sp³-hybridized carbons (Fsp3) is 0.714. The van der Waals surface area contributed by atoms with E-state index < -0.39 is 0 Å². The lowest BCUT2D eigenvalue weighted by molar-refractivity contribution is 0.869. The van der Waals surface area contributed by atoms with Crippen molar-refractivity contribution in [2.45, 2.75) is 20.8 Å². The van der Waals surface area contributed by atoms with Crippen LogP contribution in [0.2, 0.25) is 0 Å². The molecule has 0 saturated carbocycles. The van der Waals surface area contributed by atoms with Crippen LogP contribution in [0.4, 0.5) is 0 Å². The standard InChI is InChI=1S/C7H15N/c1-6(2)7(3)5-8-4/h8H,5H2,1-4H3. The lowest BCUT2D eigenvalue weighted by Gasteiger charge is -1.99. The van der Waals surface area contributed by atoms with E-state index in [1.165, 1.54) is 11.1 Å². The van der Waals surface area contributed by atoms with Gasteiger partial charge in [0.05, 0.1) is 0 Å². The van der Waals surface area contributed by atoms with Gasteiger partial charge in [-0.3, -0.25) is 0 Å². The van der Waals surface area contributed by atoms with Gasteiger partial charge in [0, 0.05) is 6.54 Å². The maximum absolute atomic E-state index is 3.09. The van der Waals surface area contributed by atoms with Crippen molar-refractivity contribution in [2.24, 2.45) is 0 Å². The molecule has 48 valence electrons. The van der Waals surface area contributed by atoms with E-state index in [2.05, 4.69) is 26.1 Å². The van der Waals surface area contributed by atoms with Gasteiger partial charge in [-0.15, -0.1) is 0 Å². The molecule has 0 aliphatic rings. The van der Waals surface area contributed by atoms with E-state index in [-0.39, 0.29) is 0 Å². The third-order valence-electron chi connectivity index (χ3n) is 1.30. The van der Waals surface area contributed by atoms with Crippen LogP contribution in [0.5, 0.6) is 0 Å². The quantitative estimate of drug-likeness (QED) is 0.536. The van der Waals surface area contributed by atoms with E-state index in [0.717, 1.165) is 6.54 Å². The number of hydrogen-bond donors (Lipinski definition) is 1. The van der Waals surface area contributed by atoms with Crippen molar-refractivity contribution in [3.05, 3.63) is 11.1 Å². The number of hydrogen-bond acceptors (Lipinski definition) is 1. The first kappa shape index (κ1) is 7.70. The molecular formula is C7H15N. The maximum Gasteiger partial charge on any atom is 0.0161 e. The van der Waals surface area contributed by atoms with Gasteiger partial charge in [0.2, 0.25) is 0 Å². The van der Waals surface area contributed by atoms with Gasteiger partial charge in [0.25, 0.3) is 0 Å². The van der Waals surface area contributed by atoms with E-state index >= 15 is 0 Å². The summed E-state index contributed by atoms with van der Waals surface area (Å²) in [5.74, 6) is 0. The van der Waals surface area contributed by atoms with E-state index in [4.69, 9.17) is 0 Å². The monoisotopic (exact) mass is 113 g/mol. The van der Waals surface area contributed by atoms with Crippen LogP contribution in [0.1, 0.15) is 20.8 Å². The first-order chi connectivity index (χ1) is 3.68. The van der Waals surface area contributed by atoms with Crippen molar-refractivity contribution in [3.63, 3.8) is 0 Å². The van der Waals surface area contributed by atoms with E-state index in [1.807, 2.05) is 7.05 Å². The average Bonchev–Trinajstić information content (AvgIpc) is 1.67. The minimum absolute atomic E-state index is 1.02. The molecule has 0 rings (SSSR count). The van der Waals surface area contributed by atoms with Gasteiger partial charge in [0.1, 0.15) is 0 Å². The molecule has 0 aromatic heterocycles. The number of rotatable bonds is 2. The third kappa shape index (κ3) is 2.80. The summed E-state index contributed by atoms with van der Waals surface area (Å²) < 4.78 is 0. The molecule has 0 radical (unpaired) electrons. The molecule has 0 aliphatic carbocycles. The third-order valence-corrected chi connectivity index (χ3v) is 1.30. The second-order valence-electron chi connectivity index (χ2n) is 2.31. The highest BCUT2D eigenvalue weighted by molar-refractivity contribution is 5.07. The Morgan fingerprint density at radius 2 is 1.75 bits per heavy atom. The van der Waals surface area contributed by atoms with Crippen LogP contribution in [0, 0.1) is 0 Å². The van der Waals surface area contributed by atoms with Gasteiger partial charge < -0.3 is 5.32 Å². The van der Waals surface area contributed by atoms with Gasteiger partial charge in [-0.05, 0) is 27.8 Å². The largest absolute Gasteiger partial charge is 0.316 e. The second kappa shape index (κ2) is 3.67. The van der Waals surface area contributed by atoms with Crippen LogP contribution in [-0.4, -0.2) is 13.6 Å². The van der Waals surface area contributed by atoms with Crippen molar-refractivity contribution in [2.75, 3.05) is 13.6 Å². The fourth-order valence-corrected chi connectivity index (χ4v) is 0.442. The van der Waals surface area contributed by atoms with Crippen molar-refractivity contribution in [1.82, 2.24) is 5.32 Å². The van der Waals surface area contributed by atoms with Crippen LogP contribution in [-0.2, 0) is 0 Å². The highest BCUT2D eigenvalue weighted by atomic mass is 14.8. The Morgan fingerprint density at radius 3 is 1.88 bits per heavy atom. The molecule has 0 heterocycles. The topological polar surface area (TPSA) is 12.0 Å². The highest BCUT2D eigenvalue weighted by Crippen LogP contribution is 1.98. The Kier molecular flexibility index (Phi) is 3.53. The summed E-state index contributed by atoms with van der Waals surface area (Å²) in [6.07, 6.45) is 0. The summed E-state index contributed by atoms with van der Waals surface area (Å²) in [6, 6.07) is 0. The molecular weight excluding hydrogens is 98.1 g/mol. The summed E-state index contributed by atoms with van der Waals surface area (Å²) in [6.45, 7) is 7.42. The molecule has 0 amide bonds. The van der Waals surface area contributed by atoms with Gasteiger partial charge in [-0.2, -0.15) is 0 Å². The summed E-state index contributed by atoms with van der Waals surface area (Å²) in [7, 11) is 1.96. The van der Waals surface area contributed by atoms with Crippen molar-refractivity contribution in [3.8, 4) is 0 Å². The minimum Gasteiger partial charge on any atom is -0.316 e. The number of allylic oxidation sites excluding steroid dienone is 1. The molecule has 0 aromatic carbocycles. The summed E-state index contributed by atoms with van der Waals surface area (Å²) in [5.41, 5.74) is 2.85. The van der Waals surface area contributed by atoms with Gasteiger partial charge in [-0.1, -0.05) is 11.1 Å². The SMILES string of the molecule is CNCC(C)=C(C)C. The van der Waals surface area contributed by atoms with E-state index in [0.29, 0.717) is 0 Å². The highest BCUT2D eigenvalue weighted by Gasteiger charge is 1.86. The molecule has 0 atom stereocenters. The van der Waals surface area contributed by atoms with Crippen LogP contribution in [0.25, 0.3) is 0 Å². The molecule has 8 heavy (non-hydrogen) atoms. The maximum atomic E-state index is 3.09. The smallest absolute Gasteiger partial charge is 0.0161 e. The minimum atomic E-state index is 1.02. The molecule has 0 unspecified atom stereocenters. The molecule has 0 aliphatic heterocycles. The van der Waals surface area contributed by atoms with Crippen LogP contribution < -0.4 is 5.32 Å². The first-order valence-electron chi connectivity index (χ1n) is 2.96. The zero-order valence-electron chi connectivity index (χ0n) is 6.21. The summed E-state index contributed by atoms with van der Waals surface area (Å²) in [5, 5.41) is 3.09. The van der Waals surface area contributed by atoms with E-state index in [1.54, 1.807) is 0 Å². The van der Waals surface area contributed by atoms with Crippen LogP contribution >= 0.6 is 0 Å². The van der Waals surface area contributed by atoms with Gasteiger partial charge in [-0.25, -0.2) is 0 Å². The van der Waals surface area contributed by atoms with Crippen LogP contribution in [0.3, 0.4) is 0 Å². The Hall–Kier alpha value is -0.300. The fourth-order valence-electron chi connectivity index (χ4n) is 0.442. The molecule has 0 spiro atoms. The zero-order valence-corrected chi connectivity index (χ0v) is 6.21. The first-order valence-corrected chi connectivity index (χ1v) is 2.96. The molecule has 1 heteroatoms. The Morgan fingerprint density at radius 1 is 1.25 bits per heavy atom. The normalized spacial score (nSPS) is 9.00. The molecule has 1 N–H and O–H groups in total. The molecule has 0 saturated heterocycles. The Bertz CT molecular complexity index is 88.6. The van der Waals surface area contributed by atoms with Crippen molar-refractivity contribution in [1.29, 1.82) is 0 Å². The van der Waals surface area contributed by atoms with Gasteiger partial charge >= 0.3 is 0 Å².